The molecule has 15 nitrogen and oxygen atoms in total. The monoisotopic (exact) mass is 846 g/mol. The highest BCUT2D eigenvalue weighted by molar-refractivity contribution is 7.90. The summed E-state index contributed by atoms with van der Waals surface area (Å²) in [6.45, 7) is 7.59. The van der Waals surface area contributed by atoms with Crippen molar-refractivity contribution < 1.29 is 27.6 Å². The van der Waals surface area contributed by atoms with Crippen molar-refractivity contribution in [2.75, 3.05) is 36.5 Å². The van der Waals surface area contributed by atoms with Gasteiger partial charge in [0.2, 0.25) is 5.88 Å². The number of anilines is 2. The van der Waals surface area contributed by atoms with Crippen LogP contribution in [0.5, 0.6) is 17.4 Å². The maximum atomic E-state index is 14.0. The average Bonchev–Trinajstić information content (AvgIpc) is 3.79. The minimum atomic E-state index is -4.71. The van der Waals surface area contributed by atoms with Gasteiger partial charge in [0, 0.05) is 48.5 Å². The van der Waals surface area contributed by atoms with Crippen molar-refractivity contribution in [1.82, 2.24) is 24.6 Å². The van der Waals surface area contributed by atoms with Gasteiger partial charge >= 0.3 is 5.69 Å². The molecule has 2 saturated heterocycles. The fourth-order valence-electron chi connectivity index (χ4n) is 10.2. The molecule has 2 aliphatic carbocycles. The summed E-state index contributed by atoms with van der Waals surface area (Å²) in [5.41, 5.74) is 4.26. The summed E-state index contributed by atoms with van der Waals surface area (Å²) < 4.78 is 41.6. The van der Waals surface area contributed by atoms with Crippen LogP contribution in [0.4, 0.5) is 17.1 Å². The Kier molecular flexibility index (Phi) is 9.89. The zero-order valence-electron chi connectivity index (χ0n) is 34.3. The molecule has 6 heterocycles. The number of piperidine rings is 1. The van der Waals surface area contributed by atoms with Crippen LogP contribution in [0.2, 0.25) is 0 Å². The standard InChI is InChI=1S/C45H50N8O7S/c1-27(2)33-6-3-4-7-34(33)37-8-5-17-52(37)31-23-45(24-31)14-18-51(19-15-45)30-11-12-35(39(21-30)60-32-20-29-13-16-46-42(29)47-25-32)43(54)50-61(57,58)40-22-38(53(55)56)41-44(49-40)59-26-36(48-41)28-9-10-28/h3-4,6-7,11-13,16,20-22,25,27-28,31,36-37,48H,5,8-10,14-15,17-19,23-24,26H2,1-2H3,(H,46,47)(H,50,54)/t36-,37-/m1/s1. The minimum absolute atomic E-state index is 0.0296. The summed E-state index contributed by atoms with van der Waals surface area (Å²) >= 11 is 0. The Morgan fingerprint density at radius 2 is 1.85 bits per heavy atom. The first-order chi connectivity index (χ1) is 29.4. The van der Waals surface area contributed by atoms with Crippen LogP contribution in [0.1, 0.15) is 98.7 Å². The number of carbonyl (C=O) groups excluding carboxylic acids is 1. The molecule has 0 bridgehead atoms. The van der Waals surface area contributed by atoms with E-state index in [0.29, 0.717) is 40.7 Å². The summed E-state index contributed by atoms with van der Waals surface area (Å²) in [5.74, 6) is 0.129. The Morgan fingerprint density at radius 1 is 1.05 bits per heavy atom. The van der Waals surface area contributed by atoms with Crippen molar-refractivity contribution in [3.63, 3.8) is 0 Å². The van der Waals surface area contributed by atoms with E-state index in [1.54, 1.807) is 24.4 Å². The van der Waals surface area contributed by atoms with Gasteiger partial charge in [-0.15, -0.1) is 0 Å². The zero-order chi connectivity index (χ0) is 42.0. The number of hydrogen-bond acceptors (Lipinski definition) is 12. The maximum absolute atomic E-state index is 14.0. The van der Waals surface area contributed by atoms with Crippen LogP contribution in [0, 0.1) is 21.4 Å². The topological polar surface area (TPSA) is 185 Å². The molecule has 1 amide bonds. The first kappa shape index (κ1) is 39.4. The van der Waals surface area contributed by atoms with Gasteiger partial charge in [0.05, 0.1) is 28.8 Å². The molecule has 5 aromatic rings. The quantitative estimate of drug-likeness (QED) is 0.0859. The Balaban J connectivity index is 0.866. The first-order valence-electron chi connectivity index (χ1n) is 21.4. The Labute approximate surface area is 354 Å². The average molecular weight is 847 g/mol. The highest BCUT2D eigenvalue weighted by atomic mass is 32.2. The Bertz CT molecular complexity index is 2630. The van der Waals surface area contributed by atoms with E-state index in [-0.39, 0.29) is 35.5 Å². The van der Waals surface area contributed by atoms with Gasteiger partial charge < -0.3 is 24.7 Å². The van der Waals surface area contributed by atoms with E-state index in [2.05, 4.69) is 72.9 Å². The fourth-order valence-corrected chi connectivity index (χ4v) is 11.1. The SMILES string of the molecule is CC(C)c1ccccc1[C@H]1CCCN1C1CC2(CCN(c3ccc(C(=O)NS(=O)(=O)c4cc([N+](=O)[O-])c5c(n4)OC[C@H](C4CC4)N5)c(Oc4cnc5[nH]ccc5c4)c3)CC2)C1. The molecule has 3 aliphatic heterocycles. The molecule has 61 heavy (non-hydrogen) atoms. The molecular formula is C45H50N8O7S. The lowest BCUT2D eigenvalue weighted by Gasteiger charge is -2.56. The summed E-state index contributed by atoms with van der Waals surface area (Å²) in [7, 11) is -4.71. The predicted molar refractivity (Wildman–Crippen MR) is 230 cm³/mol. The minimum Gasteiger partial charge on any atom is -0.474 e. The molecule has 5 aliphatic rings. The number of pyridine rings is 2. The van der Waals surface area contributed by atoms with Crippen LogP contribution in [0.25, 0.3) is 11.0 Å². The molecule has 10 rings (SSSR count). The van der Waals surface area contributed by atoms with Gasteiger partial charge in [0.15, 0.2) is 10.7 Å². The van der Waals surface area contributed by atoms with E-state index >= 15 is 0 Å². The largest absolute Gasteiger partial charge is 0.474 e. The number of sulfonamides is 1. The Hall–Kier alpha value is -5.74. The van der Waals surface area contributed by atoms with Gasteiger partial charge in [-0.1, -0.05) is 38.1 Å². The smallest absolute Gasteiger partial charge is 0.300 e. The molecule has 1 spiro atoms. The number of carbonyl (C=O) groups is 1. The van der Waals surface area contributed by atoms with E-state index in [4.69, 9.17) is 9.47 Å². The molecule has 318 valence electrons. The van der Waals surface area contributed by atoms with Crippen molar-refractivity contribution in [2.45, 2.75) is 94.3 Å². The molecule has 3 N–H and O–H groups in total. The van der Waals surface area contributed by atoms with Crippen molar-refractivity contribution in [3.8, 4) is 17.4 Å². The van der Waals surface area contributed by atoms with Crippen LogP contribution < -0.4 is 24.4 Å². The molecule has 2 atom stereocenters. The lowest BCUT2D eigenvalue weighted by atomic mass is 9.59. The van der Waals surface area contributed by atoms with Gasteiger partial charge in [0.25, 0.3) is 15.9 Å². The molecule has 2 aromatic carbocycles. The number of benzene rings is 2. The van der Waals surface area contributed by atoms with Gasteiger partial charge in [-0.05, 0) is 111 Å². The van der Waals surface area contributed by atoms with E-state index in [9.17, 15) is 23.3 Å². The molecule has 0 unspecified atom stereocenters. The van der Waals surface area contributed by atoms with Crippen LogP contribution in [-0.4, -0.2) is 77.4 Å². The molecule has 2 saturated carbocycles. The molecule has 3 aromatic heterocycles. The lowest BCUT2D eigenvalue weighted by molar-refractivity contribution is -0.384. The normalized spacial score (nSPS) is 21.5. The fraction of sp³-hybridized carbons (Fsp3) is 0.444. The van der Waals surface area contributed by atoms with Crippen LogP contribution in [0.15, 0.2) is 78.1 Å². The number of rotatable bonds is 11. The summed E-state index contributed by atoms with van der Waals surface area (Å²) in [4.78, 5) is 42.1. The summed E-state index contributed by atoms with van der Waals surface area (Å²) in [5, 5.41) is 15.3. The van der Waals surface area contributed by atoms with Gasteiger partial charge in [-0.3, -0.25) is 19.8 Å². The third kappa shape index (κ3) is 7.53. The van der Waals surface area contributed by atoms with Crippen molar-refractivity contribution in [3.05, 3.63) is 99.9 Å². The van der Waals surface area contributed by atoms with E-state index in [1.165, 1.54) is 43.0 Å². The maximum Gasteiger partial charge on any atom is 0.300 e. The number of aromatic nitrogens is 3. The van der Waals surface area contributed by atoms with E-state index in [1.807, 2.05) is 12.1 Å². The number of amides is 1. The van der Waals surface area contributed by atoms with E-state index < -0.39 is 31.6 Å². The third-order valence-corrected chi connectivity index (χ3v) is 14.9. The number of likely N-dealkylation sites (tertiary alicyclic amines) is 1. The number of H-pyrrole nitrogens is 1. The highest BCUT2D eigenvalue weighted by Crippen LogP contribution is 2.54. The van der Waals surface area contributed by atoms with Crippen molar-refractivity contribution in [2.24, 2.45) is 11.3 Å². The van der Waals surface area contributed by atoms with Gasteiger partial charge in [-0.25, -0.2) is 9.71 Å². The van der Waals surface area contributed by atoms with Crippen LogP contribution in [0.3, 0.4) is 0 Å². The highest BCUT2D eigenvalue weighted by Gasteiger charge is 2.50. The molecule has 16 heteroatoms. The van der Waals surface area contributed by atoms with Crippen LogP contribution >= 0.6 is 0 Å². The number of nitrogens with zero attached hydrogens (tertiary/aromatic N) is 5. The first-order valence-corrected chi connectivity index (χ1v) is 22.9. The molecular weight excluding hydrogens is 797 g/mol. The summed E-state index contributed by atoms with van der Waals surface area (Å²) in [6, 6.07) is 19.5. The predicted octanol–water partition coefficient (Wildman–Crippen LogP) is 8.07. The number of aromatic amines is 1. The van der Waals surface area contributed by atoms with E-state index in [0.717, 1.165) is 62.5 Å². The number of ether oxygens (including phenoxy) is 2. The van der Waals surface area contributed by atoms with Gasteiger partial charge in [0.1, 0.15) is 23.8 Å². The Morgan fingerprint density at radius 3 is 2.62 bits per heavy atom. The van der Waals surface area contributed by atoms with Gasteiger partial charge in [-0.2, -0.15) is 13.4 Å². The second kappa shape index (κ2) is 15.3. The number of fused-ring (bicyclic) bond motifs is 2. The molecule has 0 radical (unpaired) electrons. The van der Waals surface area contributed by atoms with Crippen LogP contribution in [-0.2, 0) is 10.0 Å². The number of nitrogens with one attached hydrogen (secondary N) is 3. The number of nitro groups is 1. The molecule has 4 fully saturated rings. The lowest BCUT2D eigenvalue weighted by Crippen LogP contribution is -2.54. The third-order valence-electron chi connectivity index (χ3n) is 13.6. The van der Waals surface area contributed by atoms with Crippen molar-refractivity contribution in [1.29, 1.82) is 0 Å². The summed E-state index contributed by atoms with van der Waals surface area (Å²) in [6.07, 6.45) is 12.2. The van der Waals surface area contributed by atoms with Crippen molar-refractivity contribution >= 4 is 44.0 Å². The number of hydrogen-bond donors (Lipinski definition) is 3. The second-order valence-electron chi connectivity index (χ2n) is 17.8. The second-order valence-corrected chi connectivity index (χ2v) is 19.5. The zero-order valence-corrected chi connectivity index (χ0v) is 35.1.